The first kappa shape index (κ1) is 14.1. The number of fused-ring (bicyclic) bond motifs is 1. The van der Waals surface area contributed by atoms with Gasteiger partial charge in [0.25, 0.3) is 0 Å². The quantitative estimate of drug-likeness (QED) is 0.915. The second-order valence-electron chi connectivity index (χ2n) is 6.85. The number of rotatable bonds is 4. The van der Waals surface area contributed by atoms with E-state index in [0.717, 1.165) is 24.8 Å². The Kier molecular flexibility index (Phi) is 4.45. The van der Waals surface area contributed by atoms with Crippen molar-refractivity contribution in [3.8, 4) is 0 Å². The fourth-order valence-corrected chi connectivity index (χ4v) is 4.35. The van der Waals surface area contributed by atoms with Gasteiger partial charge in [-0.1, -0.05) is 25.7 Å². The average molecular weight is 276 g/mol. The largest absolute Gasteiger partial charge is 0.392 e. The summed E-state index contributed by atoms with van der Waals surface area (Å²) < 4.78 is 1.94. The molecule has 0 aromatic carbocycles. The van der Waals surface area contributed by atoms with Gasteiger partial charge in [0.05, 0.1) is 12.3 Å². The maximum atomic E-state index is 10.6. The summed E-state index contributed by atoms with van der Waals surface area (Å²) in [6.45, 7) is 3.00. The van der Waals surface area contributed by atoms with Crippen LogP contribution in [0.15, 0.2) is 12.4 Å². The van der Waals surface area contributed by atoms with Crippen molar-refractivity contribution in [2.45, 2.75) is 70.9 Å². The lowest BCUT2D eigenvalue weighted by Gasteiger charge is -2.40. The molecule has 20 heavy (non-hydrogen) atoms. The van der Waals surface area contributed by atoms with E-state index in [1.807, 2.05) is 10.9 Å². The molecule has 4 atom stereocenters. The Bertz CT molecular complexity index is 428. The van der Waals surface area contributed by atoms with Gasteiger partial charge in [-0.05, 0) is 49.5 Å². The predicted molar refractivity (Wildman–Crippen MR) is 80.4 cm³/mol. The van der Waals surface area contributed by atoms with E-state index in [1.54, 1.807) is 0 Å². The molecule has 0 saturated heterocycles. The number of aliphatic hydroxyl groups excluding tert-OH is 1. The Morgan fingerprint density at radius 2 is 2.05 bits per heavy atom. The summed E-state index contributed by atoms with van der Waals surface area (Å²) in [6.07, 6.45) is 14.1. The molecule has 3 heteroatoms. The topological polar surface area (TPSA) is 38.0 Å². The molecule has 3 nitrogen and oxygen atoms in total. The zero-order valence-electron chi connectivity index (χ0n) is 12.7. The maximum Gasteiger partial charge on any atom is 0.0609 e. The molecule has 0 spiro atoms. The van der Waals surface area contributed by atoms with Gasteiger partial charge in [-0.2, -0.15) is 5.10 Å². The Hall–Kier alpha value is -0.830. The van der Waals surface area contributed by atoms with Gasteiger partial charge in [0.1, 0.15) is 0 Å². The lowest BCUT2D eigenvalue weighted by Crippen LogP contribution is -2.34. The zero-order valence-corrected chi connectivity index (χ0v) is 12.7. The van der Waals surface area contributed by atoms with E-state index in [-0.39, 0.29) is 6.10 Å². The first-order valence-electron chi connectivity index (χ1n) is 8.45. The lowest BCUT2D eigenvalue weighted by atomic mass is 9.66. The summed E-state index contributed by atoms with van der Waals surface area (Å²) in [4.78, 5) is 0. The monoisotopic (exact) mass is 276 g/mol. The summed E-state index contributed by atoms with van der Waals surface area (Å²) in [5, 5.41) is 14.9. The highest BCUT2D eigenvalue weighted by Crippen LogP contribution is 2.43. The molecule has 112 valence electrons. The minimum atomic E-state index is -0.174. The number of hydrogen-bond donors (Lipinski definition) is 1. The number of aliphatic hydroxyl groups is 1. The molecular formula is C17H28N2O. The summed E-state index contributed by atoms with van der Waals surface area (Å²) in [6, 6.07) is 0. The zero-order chi connectivity index (χ0) is 13.9. The fraction of sp³-hybridized carbons (Fsp3) is 0.824. The number of aryl methyl sites for hydroxylation is 1. The molecular weight excluding hydrogens is 248 g/mol. The van der Waals surface area contributed by atoms with Crippen LogP contribution in [-0.4, -0.2) is 21.0 Å². The van der Waals surface area contributed by atoms with Gasteiger partial charge >= 0.3 is 0 Å². The molecule has 4 unspecified atom stereocenters. The highest BCUT2D eigenvalue weighted by atomic mass is 16.3. The van der Waals surface area contributed by atoms with E-state index in [4.69, 9.17) is 0 Å². The highest BCUT2D eigenvalue weighted by Gasteiger charge is 2.34. The van der Waals surface area contributed by atoms with Crippen molar-refractivity contribution in [3.63, 3.8) is 0 Å². The van der Waals surface area contributed by atoms with Gasteiger partial charge in [0.15, 0.2) is 0 Å². The van der Waals surface area contributed by atoms with Crippen molar-refractivity contribution < 1.29 is 5.11 Å². The van der Waals surface area contributed by atoms with Crippen molar-refractivity contribution in [3.05, 3.63) is 18.0 Å². The van der Waals surface area contributed by atoms with Crippen LogP contribution in [0, 0.1) is 17.8 Å². The molecule has 2 aliphatic carbocycles. The van der Waals surface area contributed by atoms with E-state index in [9.17, 15) is 5.11 Å². The van der Waals surface area contributed by atoms with Crippen LogP contribution >= 0.6 is 0 Å². The molecule has 0 amide bonds. The number of aromatic nitrogens is 2. The Morgan fingerprint density at radius 3 is 2.80 bits per heavy atom. The second-order valence-corrected chi connectivity index (χ2v) is 6.85. The summed E-state index contributed by atoms with van der Waals surface area (Å²) in [7, 11) is 0. The van der Waals surface area contributed by atoms with E-state index in [0.29, 0.717) is 5.92 Å². The molecule has 1 aromatic rings. The van der Waals surface area contributed by atoms with Crippen molar-refractivity contribution in [1.29, 1.82) is 0 Å². The van der Waals surface area contributed by atoms with Crippen molar-refractivity contribution >= 4 is 0 Å². The molecule has 1 heterocycles. The van der Waals surface area contributed by atoms with E-state index < -0.39 is 0 Å². The van der Waals surface area contributed by atoms with Crippen molar-refractivity contribution in [2.75, 3.05) is 0 Å². The third-order valence-corrected chi connectivity index (χ3v) is 5.58. The molecule has 0 aliphatic heterocycles. The molecule has 1 aromatic heterocycles. The third-order valence-electron chi connectivity index (χ3n) is 5.58. The van der Waals surface area contributed by atoms with Crippen molar-refractivity contribution in [1.82, 2.24) is 9.78 Å². The fourth-order valence-electron chi connectivity index (χ4n) is 4.35. The molecule has 2 saturated carbocycles. The summed E-state index contributed by atoms with van der Waals surface area (Å²) in [5.74, 6) is 2.38. The van der Waals surface area contributed by atoms with Crippen LogP contribution in [0.1, 0.15) is 57.4 Å². The highest BCUT2D eigenvalue weighted by molar-refractivity contribution is 5.06. The van der Waals surface area contributed by atoms with Gasteiger partial charge in [0.2, 0.25) is 0 Å². The van der Waals surface area contributed by atoms with Gasteiger partial charge in [-0.3, -0.25) is 4.68 Å². The van der Waals surface area contributed by atoms with Gasteiger partial charge in [0, 0.05) is 19.2 Å². The van der Waals surface area contributed by atoms with Crippen LogP contribution in [0.5, 0.6) is 0 Å². The van der Waals surface area contributed by atoms with Crippen molar-refractivity contribution in [2.24, 2.45) is 17.8 Å². The average Bonchev–Trinajstić information content (AvgIpc) is 2.94. The van der Waals surface area contributed by atoms with Crippen LogP contribution in [0.4, 0.5) is 0 Å². The molecule has 0 radical (unpaired) electrons. The SMILES string of the molecule is CCn1cc(CC(O)C2CCC3CCCCC3C2)cn1. The third kappa shape index (κ3) is 3.08. The number of hydrogen-bond acceptors (Lipinski definition) is 2. The normalized spacial score (nSPS) is 31.8. The Balaban J connectivity index is 1.55. The van der Waals surface area contributed by atoms with Gasteiger partial charge in [-0.25, -0.2) is 0 Å². The van der Waals surface area contributed by atoms with E-state index in [1.165, 1.54) is 50.5 Å². The number of nitrogens with zero attached hydrogens (tertiary/aromatic N) is 2. The lowest BCUT2D eigenvalue weighted by molar-refractivity contribution is 0.0361. The molecule has 3 rings (SSSR count). The van der Waals surface area contributed by atoms with Crippen LogP contribution in [0.2, 0.25) is 0 Å². The first-order valence-corrected chi connectivity index (χ1v) is 8.45. The predicted octanol–water partition coefficient (Wildman–Crippen LogP) is 3.41. The van der Waals surface area contributed by atoms with Gasteiger partial charge in [-0.15, -0.1) is 0 Å². The Morgan fingerprint density at radius 1 is 1.25 bits per heavy atom. The summed E-state index contributed by atoms with van der Waals surface area (Å²) in [5.41, 5.74) is 1.19. The maximum absolute atomic E-state index is 10.6. The van der Waals surface area contributed by atoms with E-state index >= 15 is 0 Å². The molecule has 1 N–H and O–H groups in total. The minimum absolute atomic E-state index is 0.174. The van der Waals surface area contributed by atoms with Crippen LogP contribution in [0.25, 0.3) is 0 Å². The van der Waals surface area contributed by atoms with Crippen LogP contribution in [0.3, 0.4) is 0 Å². The minimum Gasteiger partial charge on any atom is -0.392 e. The van der Waals surface area contributed by atoms with Crippen LogP contribution < -0.4 is 0 Å². The van der Waals surface area contributed by atoms with Gasteiger partial charge < -0.3 is 5.11 Å². The molecule has 2 fully saturated rings. The Labute approximate surface area is 122 Å². The molecule has 2 aliphatic rings. The molecule has 0 bridgehead atoms. The van der Waals surface area contributed by atoms with Crippen LogP contribution in [-0.2, 0) is 13.0 Å². The first-order chi connectivity index (χ1) is 9.76. The standard InChI is InChI=1S/C17H28N2O/c1-2-19-12-13(11-18-19)9-17(20)16-8-7-14-5-3-4-6-15(14)10-16/h11-12,14-17,20H,2-10H2,1H3. The smallest absolute Gasteiger partial charge is 0.0609 e. The summed E-state index contributed by atoms with van der Waals surface area (Å²) >= 11 is 0. The second kappa shape index (κ2) is 6.30. The van der Waals surface area contributed by atoms with E-state index in [2.05, 4.69) is 18.2 Å².